The lowest BCUT2D eigenvalue weighted by molar-refractivity contribution is -0.385. The molecule has 0 radical (unpaired) electrons. The smallest absolute Gasteiger partial charge is 0.272 e. The number of hydrogen-bond acceptors (Lipinski definition) is 3. The number of fused-ring (bicyclic) bond motifs is 1. The molecule has 1 atom stereocenters. The van der Waals surface area contributed by atoms with Gasteiger partial charge in [0.2, 0.25) is 0 Å². The van der Waals surface area contributed by atoms with E-state index < -0.39 is 0 Å². The van der Waals surface area contributed by atoms with Crippen LogP contribution in [0.5, 0.6) is 0 Å². The van der Waals surface area contributed by atoms with Crippen molar-refractivity contribution >= 4 is 11.4 Å². The minimum atomic E-state index is -0.337. The van der Waals surface area contributed by atoms with Crippen molar-refractivity contribution < 1.29 is 4.92 Å². The Morgan fingerprint density at radius 3 is 2.67 bits per heavy atom. The topological polar surface area (TPSA) is 55.2 Å². The van der Waals surface area contributed by atoms with Crippen LogP contribution in [0.2, 0.25) is 0 Å². The van der Waals surface area contributed by atoms with Crippen LogP contribution < -0.4 is 5.32 Å². The van der Waals surface area contributed by atoms with Crippen molar-refractivity contribution in [3.8, 4) is 0 Å². The van der Waals surface area contributed by atoms with Gasteiger partial charge >= 0.3 is 0 Å². The second-order valence-electron chi connectivity index (χ2n) is 5.61. The van der Waals surface area contributed by atoms with Gasteiger partial charge < -0.3 is 5.32 Å². The maximum Gasteiger partial charge on any atom is 0.272 e. The number of nitrogens with zero attached hydrogens (tertiary/aromatic N) is 1. The molecular formula is C17H18N2O2. The third-order valence-corrected chi connectivity index (χ3v) is 4.11. The molecule has 0 saturated heterocycles. The second-order valence-corrected chi connectivity index (χ2v) is 5.61. The van der Waals surface area contributed by atoms with E-state index >= 15 is 0 Å². The Morgan fingerprint density at radius 1 is 1.19 bits per heavy atom. The van der Waals surface area contributed by atoms with Crippen LogP contribution in [-0.2, 0) is 12.8 Å². The van der Waals surface area contributed by atoms with Crippen molar-refractivity contribution in [3.63, 3.8) is 0 Å². The van der Waals surface area contributed by atoms with Crippen LogP contribution >= 0.6 is 0 Å². The Balaban J connectivity index is 1.73. The lowest BCUT2D eigenvalue weighted by Crippen LogP contribution is -2.27. The van der Waals surface area contributed by atoms with E-state index in [0.717, 1.165) is 24.9 Å². The summed E-state index contributed by atoms with van der Waals surface area (Å²) in [6.45, 7) is 1.78. The molecule has 21 heavy (non-hydrogen) atoms. The predicted octanol–water partition coefficient (Wildman–Crippen LogP) is 3.87. The summed E-state index contributed by atoms with van der Waals surface area (Å²) in [5, 5.41) is 14.4. The zero-order chi connectivity index (χ0) is 14.8. The van der Waals surface area contributed by atoms with Gasteiger partial charge in [0.05, 0.1) is 4.92 Å². The van der Waals surface area contributed by atoms with Gasteiger partial charge in [-0.25, -0.2) is 0 Å². The summed E-state index contributed by atoms with van der Waals surface area (Å²) in [5.41, 5.74) is 4.67. The third-order valence-electron chi connectivity index (χ3n) is 4.11. The van der Waals surface area contributed by atoms with Gasteiger partial charge in [0.1, 0.15) is 0 Å². The molecule has 0 fully saturated rings. The molecule has 1 unspecified atom stereocenters. The van der Waals surface area contributed by atoms with Crippen LogP contribution in [0.1, 0.15) is 23.1 Å². The van der Waals surface area contributed by atoms with E-state index in [2.05, 4.69) is 29.6 Å². The lowest BCUT2D eigenvalue weighted by Gasteiger charge is -2.26. The molecule has 0 heterocycles. The number of benzene rings is 2. The molecule has 4 heteroatoms. The molecule has 1 aliphatic carbocycles. The first-order chi connectivity index (χ1) is 10.1. The van der Waals surface area contributed by atoms with E-state index in [9.17, 15) is 10.1 Å². The first kappa shape index (κ1) is 13.6. The number of rotatable bonds is 3. The van der Waals surface area contributed by atoms with Crippen molar-refractivity contribution in [1.82, 2.24) is 0 Å². The van der Waals surface area contributed by atoms with Crippen molar-refractivity contribution in [3.05, 3.63) is 69.3 Å². The van der Waals surface area contributed by atoms with Gasteiger partial charge in [-0.1, -0.05) is 24.3 Å². The van der Waals surface area contributed by atoms with Crippen molar-refractivity contribution in [1.29, 1.82) is 0 Å². The Morgan fingerprint density at radius 2 is 1.95 bits per heavy atom. The van der Waals surface area contributed by atoms with E-state index in [4.69, 9.17) is 0 Å². The fraction of sp³-hybridized carbons (Fsp3) is 0.294. The van der Waals surface area contributed by atoms with Crippen LogP contribution in [0, 0.1) is 17.0 Å². The minimum absolute atomic E-state index is 0.175. The molecule has 4 nitrogen and oxygen atoms in total. The average Bonchev–Trinajstić information content (AvgIpc) is 2.47. The number of aryl methyl sites for hydroxylation is 2. The first-order valence-electron chi connectivity index (χ1n) is 7.22. The zero-order valence-electron chi connectivity index (χ0n) is 12.0. The zero-order valence-corrected chi connectivity index (χ0v) is 12.0. The predicted molar refractivity (Wildman–Crippen MR) is 83.7 cm³/mol. The van der Waals surface area contributed by atoms with Gasteiger partial charge in [-0.15, -0.1) is 0 Å². The highest BCUT2D eigenvalue weighted by molar-refractivity contribution is 5.54. The molecule has 2 aromatic carbocycles. The molecule has 3 rings (SSSR count). The number of anilines is 1. The molecule has 0 aromatic heterocycles. The second kappa shape index (κ2) is 5.56. The number of nitrogens with one attached hydrogen (secondary N) is 1. The number of nitro groups is 1. The summed E-state index contributed by atoms with van der Waals surface area (Å²) in [6, 6.07) is 14.2. The largest absolute Gasteiger partial charge is 0.382 e. The summed E-state index contributed by atoms with van der Waals surface area (Å²) in [4.78, 5) is 10.5. The number of hydrogen-bond donors (Lipinski definition) is 1. The quantitative estimate of drug-likeness (QED) is 0.686. The molecule has 0 spiro atoms. The van der Waals surface area contributed by atoms with E-state index in [0.29, 0.717) is 11.6 Å². The van der Waals surface area contributed by atoms with Crippen LogP contribution in [-0.4, -0.2) is 11.0 Å². The average molecular weight is 282 g/mol. The maximum atomic E-state index is 10.8. The SMILES string of the molecule is Cc1cc(NC2CCc3ccccc3C2)ccc1[N+](=O)[O-]. The molecule has 0 aliphatic heterocycles. The molecular weight excluding hydrogens is 264 g/mol. The summed E-state index contributed by atoms with van der Waals surface area (Å²) in [6.07, 6.45) is 3.18. The number of nitro benzene ring substituents is 1. The Bertz CT molecular complexity index is 682. The lowest BCUT2D eigenvalue weighted by atomic mass is 9.88. The van der Waals surface area contributed by atoms with Gasteiger partial charge in [0, 0.05) is 23.4 Å². The van der Waals surface area contributed by atoms with Crippen LogP contribution in [0.15, 0.2) is 42.5 Å². The van der Waals surface area contributed by atoms with Gasteiger partial charge in [0.25, 0.3) is 5.69 Å². The van der Waals surface area contributed by atoms with Crippen LogP contribution in [0.4, 0.5) is 11.4 Å². The third kappa shape index (κ3) is 2.89. The highest BCUT2D eigenvalue weighted by atomic mass is 16.6. The van der Waals surface area contributed by atoms with Crippen molar-refractivity contribution in [2.24, 2.45) is 0 Å². The van der Waals surface area contributed by atoms with E-state index in [1.54, 1.807) is 19.1 Å². The summed E-state index contributed by atoms with van der Waals surface area (Å²) >= 11 is 0. The Kier molecular flexibility index (Phi) is 3.60. The Labute approximate surface area is 124 Å². The molecule has 1 N–H and O–H groups in total. The summed E-state index contributed by atoms with van der Waals surface area (Å²) < 4.78 is 0. The normalized spacial score (nSPS) is 17.1. The van der Waals surface area contributed by atoms with Gasteiger partial charge in [-0.3, -0.25) is 10.1 Å². The first-order valence-corrected chi connectivity index (χ1v) is 7.22. The summed E-state index contributed by atoms with van der Waals surface area (Å²) in [7, 11) is 0. The van der Waals surface area contributed by atoms with Gasteiger partial charge in [-0.2, -0.15) is 0 Å². The fourth-order valence-electron chi connectivity index (χ4n) is 3.01. The minimum Gasteiger partial charge on any atom is -0.382 e. The van der Waals surface area contributed by atoms with E-state index in [1.807, 2.05) is 6.07 Å². The molecule has 108 valence electrons. The van der Waals surface area contributed by atoms with Crippen LogP contribution in [0.25, 0.3) is 0 Å². The standard InChI is InChI=1S/C17H18N2O2/c1-12-10-15(8-9-17(12)19(20)21)18-16-7-6-13-4-2-3-5-14(13)11-16/h2-5,8-10,16,18H,6-7,11H2,1H3. The van der Waals surface area contributed by atoms with Gasteiger partial charge in [0.15, 0.2) is 0 Å². The maximum absolute atomic E-state index is 10.8. The van der Waals surface area contributed by atoms with Crippen molar-refractivity contribution in [2.45, 2.75) is 32.2 Å². The van der Waals surface area contributed by atoms with Crippen molar-refractivity contribution in [2.75, 3.05) is 5.32 Å². The Hall–Kier alpha value is -2.36. The molecule has 0 amide bonds. The van der Waals surface area contributed by atoms with E-state index in [-0.39, 0.29) is 10.6 Å². The van der Waals surface area contributed by atoms with Crippen LogP contribution in [0.3, 0.4) is 0 Å². The van der Waals surface area contributed by atoms with Gasteiger partial charge in [-0.05, 0) is 49.4 Å². The highest BCUT2D eigenvalue weighted by Gasteiger charge is 2.18. The molecule has 0 bridgehead atoms. The van der Waals surface area contributed by atoms with E-state index in [1.165, 1.54) is 11.1 Å². The fourth-order valence-corrected chi connectivity index (χ4v) is 3.01. The monoisotopic (exact) mass is 282 g/mol. The molecule has 2 aromatic rings. The highest BCUT2D eigenvalue weighted by Crippen LogP contribution is 2.26. The summed E-state index contributed by atoms with van der Waals surface area (Å²) in [5.74, 6) is 0. The molecule has 1 aliphatic rings. The molecule has 0 saturated carbocycles.